The molecule has 1 aromatic heterocycles. The van der Waals surface area contributed by atoms with E-state index in [2.05, 4.69) is 26.7 Å². The van der Waals surface area contributed by atoms with E-state index >= 15 is 0 Å². The maximum absolute atomic E-state index is 14.5. The van der Waals surface area contributed by atoms with E-state index in [1.165, 1.54) is 12.1 Å². The maximum atomic E-state index is 14.5. The van der Waals surface area contributed by atoms with Crippen molar-refractivity contribution in [3.63, 3.8) is 0 Å². The molecule has 7 nitrogen and oxygen atoms in total. The molecule has 0 bridgehead atoms. The Morgan fingerprint density at radius 3 is 2.77 bits per heavy atom. The summed E-state index contributed by atoms with van der Waals surface area (Å²) in [6.45, 7) is 0.128. The molecule has 2 aliphatic carbocycles. The second-order valence-electron chi connectivity index (χ2n) is 7.53. The molecule has 2 aliphatic rings. The number of benzene rings is 1. The van der Waals surface area contributed by atoms with Crippen LogP contribution < -0.4 is 15.4 Å². The zero-order chi connectivity index (χ0) is 21.1. The lowest BCUT2D eigenvalue weighted by molar-refractivity contribution is 0.257. The lowest BCUT2D eigenvalue weighted by Crippen LogP contribution is -2.13. The summed E-state index contributed by atoms with van der Waals surface area (Å²) >= 11 is 0. The van der Waals surface area contributed by atoms with Crippen molar-refractivity contribution in [3.05, 3.63) is 47.9 Å². The van der Waals surface area contributed by atoms with Crippen LogP contribution in [0.25, 0.3) is 11.3 Å². The van der Waals surface area contributed by atoms with Gasteiger partial charge in [0, 0.05) is 24.0 Å². The van der Waals surface area contributed by atoms with Gasteiger partial charge in [-0.15, -0.1) is 0 Å². The lowest BCUT2D eigenvalue weighted by Gasteiger charge is -2.12. The van der Waals surface area contributed by atoms with E-state index in [1.54, 1.807) is 6.20 Å². The number of hydrogen-bond acceptors (Lipinski definition) is 7. The topological polar surface area (TPSA) is 107 Å². The Bertz CT molecular complexity index is 1040. The second kappa shape index (κ2) is 8.06. The summed E-state index contributed by atoms with van der Waals surface area (Å²) in [4.78, 5) is 8.02. The number of halogens is 2. The molecule has 0 amide bonds. The molecule has 154 valence electrons. The number of anilines is 1. The zero-order valence-corrected chi connectivity index (χ0v) is 16.1. The summed E-state index contributed by atoms with van der Waals surface area (Å²) < 4.78 is 34.2. The molecule has 4 rings (SSSR count). The molecule has 0 atom stereocenters. The number of ether oxygens (including phenoxy) is 1. The minimum Gasteiger partial charge on any atom is -0.489 e. The van der Waals surface area contributed by atoms with E-state index < -0.39 is 17.0 Å². The Morgan fingerprint density at radius 1 is 1.33 bits per heavy atom. The third-order valence-corrected chi connectivity index (χ3v) is 5.01. The van der Waals surface area contributed by atoms with E-state index in [0.29, 0.717) is 11.7 Å². The van der Waals surface area contributed by atoms with Crippen LogP contribution >= 0.6 is 0 Å². The van der Waals surface area contributed by atoms with Crippen molar-refractivity contribution < 1.29 is 13.5 Å². The van der Waals surface area contributed by atoms with Gasteiger partial charge >= 0.3 is 0 Å². The standard InChI is InChI=1S/C21H20F2N6O/c22-16-7-13(1-4-18(16)30-12-21(11-25)5-6-21)19-17(23)10-27-20(29-19)28-15(8-24)9-26-14-2-3-14/h1,4,7-10,14,24,26H,2-3,5-6,12H2,(H,27,28,29)/b15-9+,24-8?. The van der Waals surface area contributed by atoms with Gasteiger partial charge in [-0.3, -0.25) is 0 Å². The Balaban J connectivity index is 1.50. The first kappa shape index (κ1) is 19.8. The maximum Gasteiger partial charge on any atom is 0.228 e. The molecule has 0 unspecified atom stereocenters. The number of nitrogens with one attached hydrogen (secondary N) is 3. The van der Waals surface area contributed by atoms with E-state index in [-0.39, 0.29) is 29.6 Å². The molecule has 0 spiro atoms. The first-order valence-corrected chi connectivity index (χ1v) is 9.62. The van der Waals surface area contributed by atoms with Crippen LogP contribution in [-0.2, 0) is 0 Å². The quantitative estimate of drug-likeness (QED) is 0.544. The van der Waals surface area contributed by atoms with E-state index in [4.69, 9.17) is 15.4 Å². The van der Waals surface area contributed by atoms with Crippen molar-refractivity contribution in [3.8, 4) is 23.1 Å². The molecule has 3 N–H and O–H groups in total. The van der Waals surface area contributed by atoms with Gasteiger partial charge in [0.15, 0.2) is 17.4 Å². The van der Waals surface area contributed by atoms with Gasteiger partial charge in [-0.2, -0.15) is 5.26 Å². The van der Waals surface area contributed by atoms with Gasteiger partial charge in [0.1, 0.15) is 12.3 Å². The fourth-order valence-corrected chi connectivity index (χ4v) is 2.75. The fourth-order valence-electron chi connectivity index (χ4n) is 2.75. The van der Waals surface area contributed by atoms with Crippen molar-refractivity contribution in [2.24, 2.45) is 5.41 Å². The Kier molecular flexibility index (Phi) is 5.31. The third-order valence-electron chi connectivity index (χ3n) is 5.01. The first-order valence-electron chi connectivity index (χ1n) is 9.62. The molecule has 2 saturated carbocycles. The predicted molar refractivity (Wildman–Crippen MR) is 107 cm³/mol. The number of hydrogen-bond donors (Lipinski definition) is 3. The van der Waals surface area contributed by atoms with Crippen molar-refractivity contribution in [1.29, 1.82) is 10.7 Å². The van der Waals surface area contributed by atoms with Gasteiger partial charge in [-0.1, -0.05) is 0 Å². The van der Waals surface area contributed by atoms with Crippen molar-refractivity contribution >= 4 is 12.2 Å². The van der Waals surface area contributed by atoms with Crippen LogP contribution in [0.3, 0.4) is 0 Å². The Labute approximate surface area is 172 Å². The second-order valence-corrected chi connectivity index (χ2v) is 7.53. The molecule has 30 heavy (non-hydrogen) atoms. The molecule has 0 aliphatic heterocycles. The van der Waals surface area contributed by atoms with Crippen LogP contribution in [-0.4, -0.2) is 28.8 Å². The monoisotopic (exact) mass is 410 g/mol. The highest BCUT2D eigenvalue weighted by atomic mass is 19.1. The van der Waals surface area contributed by atoms with Gasteiger partial charge in [0.2, 0.25) is 5.95 Å². The molecule has 0 radical (unpaired) electrons. The predicted octanol–water partition coefficient (Wildman–Crippen LogP) is 3.76. The smallest absolute Gasteiger partial charge is 0.228 e. The third kappa shape index (κ3) is 4.54. The Hall–Kier alpha value is -3.54. The number of nitrogens with zero attached hydrogens (tertiary/aromatic N) is 3. The minimum absolute atomic E-state index is 0.00765. The molecule has 9 heteroatoms. The summed E-state index contributed by atoms with van der Waals surface area (Å²) in [6.07, 6.45) is 7.40. The SMILES string of the molecule is N#CC1(COc2ccc(-c3nc(N/C(C=N)=C/NC4CC4)ncc3F)cc2F)CC1. The molecule has 2 fully saturated rings. The van der Waals surface area contributed by atoms with Gasteiger partial charge in [-0.25, -0.2) is 18.7 Å². The van der Waals surface area contributed by atoms with E-state index in [0.717, 1.165) is 44.2 Å². The average Bonchev–Trinajstić information content (AvgIpc) is 3.67. The number of allylic oxidation sites excluding steroid dienone is 1. The Morgan fingerprint density at radius 2 is 2.13 bits per heavy atom. The lowest BCUT2D eigenvalue weighted by atomic mass is 10.1. The van der Waals surface area contributed by atoms with Crippen molar-refractivity contribution in [2.45, 2.75) is 31.7 Å². The first-order chi connectivity index (χ1) is 14.5. The summed E-state index contributed by atoms with van der Waals surface area (Å²) in [5, 5.41) is 22.6. The average molecular weight is 410 g/mol. The highest BCUT2D eigenvalue weighted by molar-refractivity contribution is 5.79. The van der Waals surface area contributed by atoms with Gasteiger partial charge in [0.05, 0.1) is 23.4 Å². The highest BCUT2D eigenvalue weighted by Gasteiger charge is 2.44. The van der Waals surface area contributed by atoms with Gasteiger partial charge in [0.25, 0.3) is 0 Å². The summed E-state index contributed by atoms with van der Waals surface area (Å²) in [7, 11) is 0. The summed E-state index contributed by atoms with van der Waals surface area (Å²) in [6, 6.07) is 6.64. The van der Waals surface area contributed by atoms with Gasteiger partial charge in [-0.05, 0) is 43.9 Å². The van der Waals surface area contributed by atoms with Crippen molar-refractivity contribution in [2.75, 3.05) is 11.9 Å². The summed E-state index contributed by atoms with van der Waals surface area (Å²) in [5.41, 5.74) is 0.0496. The summed E-state index contributed by atoms with van der Waals surface area (Å²) in [5.74, 6) is -1.27. The largest absolute Gasteiger partial charge is 0.489 e. The van der Waals surface area contributed by atoms with Crippen LogP contribution in [0.2, 0.25) is 0 Å². The molecular formula is C21H20F2N6O. The minimum atomic E-state index is -0.702. The van der Waals surface area contributed by atoms with Gasteiger partial charge < -0.3 is 20.8 Å². The number of aromatic nitrogens is 2. The molecule has 0 saturated heterocycles. The number of rotatable bonds is 9. The van der Waals surface area contributed by atoms with Crippen LogP contribution in [0.1, 0.15) is 25.7 Å². The normalized spacial score (nSPS) is 17.0. The molecule has 1 aromatic carbocycles. The van der Waals surface area contributed by atoms with Crippen LogP contribution in [0.15, 0.2) is 36.3 Å². The fraction of sp³-hybridized carbons (Fsp3) is 0.333. The molecular weight excluding hydrogens is 390 g/mol. The zero-order valence-electron chi connectivity index (χ0n) is 16.1. The molecule has 1 heterocycles. The van der Waals surface area contributed by atoms with Crippen LogP contribution in [0, 0.1) is 33.8 Å². The van der Waals surface area contributed by atoms with Crippen LogP contribution in [0.5, 0.6) is 5.75 Å². The highest BCUT2D eigenvalue weighted by Crippen LogP contribution is 2.45. The van der Waals surface area contributed by atoms with Crippen molar-refractivity contribution in [1.82, 2.24) is 15.3 Å². The van der Waals surface area contributed by atoms with E-state index in [1.807, 2.05) is 0 Å². The molecule has 2 aromatic rings. The number of nitriles is 1. The van der Waals surface area contributed by atoms with Crippen LogP contribution in [0.4, 0.5) is 14.7 Å². The van der Waals surface area contributed by atoms with E-state index in [9.17, 15) is 8.78 Å².